The fourth-order valence-electron chi connectivity index (χ4n) is 1.91. The van der Waals surface area contributed by atoms with Gasteiger partial charge in [0.1, 0.15) is 0 Å². The van der Waals surface area contributed by atoms with Crippen molar-refractivity contribution in [3.05, 3.63) is 35.4 Å². The van der Waals surface area contributed by atoms with Gasteiger partial charge in [0.2, 0.25) is 5.91 Å². The summed E-state index contributed by atoms with van der Waals surface area (Å²) >= 11 is 4.73. The summed E-state index contributed by atoms with van der Waals surface area (Å²) in [6.45, 7) is 4.90. The van der Waals surface area contributed by atoms with Crippen LogP contribution in [0.2, 0.25) is 0 Å². The summed E-state index contributed by atoms with van der Waals surface area (Å²) < 4.78 is 1.84. The van der Waals surface area contributed by atoms with Gasteiger partial charge in [-0.3, -0.25) is 4.79 Å². The summed E-state index contributed by atoms with van der Waals surface area (Å²) in [5.74, 6) is 1.49. The predicted octanol–water partition coefficient (Wildman–Crippen LogP) is 3.80. The third kappa shape index (κ3) is 6.53. The van der Waals surface area contributed by atoms with Gasteiger partial charge in [-0.25, -0.2) is 0 Å². The number of hydrogen-bond acceptors (Lipinski definition) is 6. The lowest BCUT2D eigenvalue weighted by molar-refractivity contribution is -0.118. The van der Waals surface area contributed by atoms with Gasteiger partial charge in [0.25, 0.3) is 0 Å². The molecule has 23 heavy (non-hydrogen) atoms. The Kier molecular flexibility index (Phi) is 7.91. The maximum atomic E-state index is 11.9. The minimum absolute atomic E-state index is 0.0431. The van der Waals surface area contributed by atoms with E-state index in [0.29, 0.717) is 12.3 Å². The monoisotopic (exact) mass is 367 g/mol. The second-order valence-electron chi connectivity index (χ2n) is 5.00. The summed E-state index contributed by atoms with van der Waals surface area (Å²) in [5.41, 5.74) is 2.55. The molecule has 0 aliphatic heterocycles. The van der Waals surface area contributed by atoms with Crippen molar-refractivity contribution in [1.82, 2.24) is 15.5 Å². The van der Waals surface area contributed by atoms with Crippen molar-refractivity contribution in [2.75, 3.05) is 18.1 Å². The van der Waals surface area contributed by atoms with Crippen molar-refractivity contribution < 1.29 is 4.79 Å². The first kappa shape index (κ1) is 18.3. The molecule has 0 aliphatic rings. The Balaban J connectivity index is 1.67. The first-order valence-corrected chi connectivity index (χ1v) is 10.4. The van der Waals surface area contributed by atoms with E-state index in [1.807, 2.05) is 12.1 Å². The van der Waals surface area contributed by atoms with Gasteiger partial charge >= 0.3 is 0 Å². The van der Waals surface area contributed by atoms with Crippen LogP contribution in [0, 0.1) is 6.92 Å². The molecule has 0 atom stereocenters. The molecule has 2 aromatic rings. The molecule has 1 aromatic heterocycles. The summed E-state index contributed by atoms with van der Waals surface area (Å²) in [6.07, 6.45) is 1.98. The van der Waals surface area contributed by atoms with Gasteiger partial charge in [0.05, 0.1) is 5.75 Å². The molecule has 0 unspecified atom stereocenters. The fourth-order valence-corrected chi connectivity index (χ4v) is 4.68. The topological polar surface area (TPSA) is 54.9 Å². The quantitative estimate of drug-likeness (QED) is 0.683. The number of nitrogens with zero attached hydrogens (tertiary/aromatic N) is 2. The van der Waals surface area contributed by atoms with Crippen LogP contribution in [0.4, 0.5) is 0 Å². The fraction of sp³-hybridized carbons (Fsp3) is 0.438. The van der Waals surface area contributed by atoms with E-state index in [4.69, 9.17) is 0 Å². The molecular weight excluding hydrogens is 346 g/mol. The average Bonchev–Trinajstić information content (AvgIpc) is 3.01. The summed E-state index contributed by atoms with van der Waals surface area (Å²) in [4.78, 5) is 11.9. The molecule has 1 amide bonds. The van der Waals surface area contributed by atoms with E-state index in [1.165, 1.54) is 22.9 Å². The molecule has 0 aliphatic carbocycles. The highest BCUT2D eigenvalue weighted by Crippen LogP contribution is 2.28. The zero-order valence-corrected chi connectivity index (χ0v) is 15.8. The number of amides is 1. The molecule has 7 heteroatoms. The Hall–Kier alpha value is -1.05. The Morgan fingerprint density at radius 3 is 2.70 bits per heavy atom. The molecule has 1 N–H and O–H groups in total. The third-order valence-electron chi connectivity index (χ3n) is 3.12. The lowest BCUT2D eigenvalue weighted by atomic mass is 10.1. The third-order valence-corrected chi connectivity index (χ3v) is 6.52. The number of nitrogens with one attached hydrogen (secondary N) is 1. The van der Waals surface area contributed by atoms with Gasteiger partial charge < -0.3 is 5.32 Å². The standard InChI is InChI=1S/C16H21N3OS3/c1-3-10-21-15-18-19-16(23-15)22-11-14(20)17-9-8-13-7-5-4-6-12(13)2/h4-7H,3,8-11H2,1-2H3,(H,17,20). The Morgan fingerprint density at radius 1 is 1.22 bits per heavy atom. The highest BCUT2D eigenvalue weighted by Gasteiger charge is 2.08. The van der Waals surface area contributed by atoms with Crippen LogP contribution >= 0.6 is 34.9 Å². The number of benzene rings is 1. The predicted molar refractivity (Wildman–Crippen MR) is 99.5 cm³/mol. The number of carbonyl (C=O) groups is 1. The maximum absolute atomic E-state index is 11.9. The lowest BCUT2D eigenvalue weighted by Gasteiger charge is -2.06. The van der Waals surface area contributed by atoms with Crippen LogP contribution in [-0.2, 0) is 11.2 Å². The van der Waals surface area contributed by atoms with Gasteiger partial charge in [-0.05, 0) is 30.9 Å². The van der Waals surface area contributed by atoms with Crippen LogP contribution in [0.5, 0.6) is 0 Å². The van der Waals surface area contributed by atoms with Crippen LogP contribution in [0.25, 0.3) is 0 Å². The largest absolute Gasteiger partial charge is 0.355 e. The van der Waals surface area contributed by atoms with Gasteiger partial charge in [-0.1, -0.05) is 66.0 Å². The molecule has 0 saturated heterocycles. The number of rotatable bonds is 9. The molecule has 1 aromatic carbocycles. The van der Waals surface area contributed by atoms with Crippen LogP contribution in [0.1, 0.15) is 24.5 Å². The molecule has 0 bridgehead atoms. The average molecular weight is 368 g/mol. The van der Waals surface area contributed by atoms with Crippen LogP contribution in [0.15, 0.2) is 32.9 Å². The molecule has 2 rings (SSSR count). The molecular formula is C16H21N3OS3. The minimum atomic E-state index is 0.0431. The molecule has 0 saturated carbocycles. The van der Waals surface area contributed by atoms with E-state index in [-0.39, 0.29) is 5.91 Å². The van der Waals surface area contributed by atoms with E-state index in [1.54, 1.807) is 23.1 Å². The van der Waals surface area contributed by atoms with Gasteiger partial charge in [-0.2, -0.15) is 0 Å². The zero-order chi connectivity index (χ0) is 16.5. The van der Waals surface area contributed by atoms with Crippen molar-refractivity contribution >= 4 is 40.8 Å². The van der Waals surface area contributed by atoms with Crippen molar-refractivity contribution in [1.29, 1.82) is 0 Å². The van der Waals surface area contributed by atoms with Crippen LogP contribution in [-0.4, -0.2) is 34.2 Å². The summed E-state index contributed by atoms with van der Waals surface area (Å²) in [6, 6.07) is 8.26. The zero-order valence-electron chi connectivity index (χ0n) is 13.4. The second-order valence-corrected chi connectivity index (χ2v) is 8.54. The molecule has 1 heterocycles. The van der Waals surface area contributed by atoms with Gasteiger partial charge in [0.15, 0.2) is 8.68 Å². The number of carbonyl (C=O) groups excluding carboxylic acids is 1. The second kappa shape index (κ2) is 9.95. The smallest absolute Gasteiger partial charge is 0.230 e. The molecule has 0 spiro atoms. The van der Waals surface area contributed by atoms with E-state index >= 15 is 0 Å². The maximum Gasteiger partial charge on any atom is 0.230 e. The minimum Gasteiger partial charge on any atom is -0.355 e. The van der Waals surface area contributed by atoms with Crippen molar-refractivity contribution in [2.24, 2.45) is 0 Å². The number of aryl methyl sites for hydroxylation is 1. The lowest BCUT2D eigenvalue weighted by Crippen LogP contribution is -2.27. The molecule has 0 radical (unpaired) electrons. The van der Waals surface area contributed by atoms with E-state index in [0.717, 1.165) is 27.3 Å². The van der Waals surface area contributed by atoms with Gasteiger partial charge in [0, 0.05) is 12.3 Å². The highest BCUT2D eigenvalue weighted by molar-refractivity contribution is 8.03. The van der Waals surface area contributed by atoms with Crippen LogP contribution < -0.4 is 5.32 Å². The number of thioether (sulfide) groups is 2. The van der Waals surface area contributed by atoms with Gasteiger partial charge in [-0.15, -0.1) is 10.2 Å². The normalized spacial score (nSPS) is 10.7. The summed E-state index contributed by atoms with van der Waals surface area (Å²) in [7, 11) is 0. The molecule has 0 fully saturated rings. The molecule has 124 valence electrons. The number of hydrogen-bond donors (Lipinski definition) is 1. The van der Waals surface area contributed by atoms with E-state index in [2.05, 4.69) is 41.5 Å². The Morgan fingerprint density at radius 2 is 1.96 bits per heavy atom. The highest BCUT2D eigenvalue weighted by atomic mass is 32.2. The number of aromatic nitrogens is 2. The first-order valence-electron chi connectivity index (χ1n) is 7.59. The van der Waals surface area contributed by atoms with Crippen molar-refractivity contribution in [2.45, 2.75) is 35.4 Å². The van der Waals surface area contributed by atoms with Crippen LogP contribution in [0.3, 0.4) is 0 Å². The summed E-state index contributed by atoms with van der Waals surface area (Å²) in [5, 5.41) is 11.2. The van der Waals surface area contributed by atoms with Crippen molar-refractivity contribution in [3.63, 3.8) is 0 Å². The van der Waals surface area contributed by atoms with E-state index in [9.17, 15) is 4.79 Å². The Bertz CT molecular complexity index is 631. The SMILES string of the molecule is CCCSc1nnc(SCC(=O)NCCc2ccccc2C)s1. The van der Waals surface area contributed by atoms with Crippen molar-refractivity contribution in [3.8, 4) is 0 Å². The Labute approximate surface area is 149 Å². The molecule has 4 nitrogen and oxygen atoms in total. The first-order chi connectivity index (χ1) is 11.2. The van der Waals surface area contributed by atoms with E-state index < -0.39 is 0 Å².